The van der Waals surface area contributed by atoms with Crippen molar-refractivity contribution in [3.63, 3.8) is 0 Å². The van der Waals surface area contributed by atoms with Crippen LogP contribution >= 0.6 is 0 Å². The molecule has 5 nitrogen and oxygen atoms in total. The lowest BCUT2D eigenvalue weighted by atomic mass is 10.1. The highest BCUT2D eigenvalue weighted by molar-refractivity contribution is 5.75. The highest BCUT2D eigenvalue weighted by Crippen LogP contribution is 2.15. The fraction of sp³-hybridized carbons (Fsp3) is 0.190. The van der Waals surface area contributed by atoms with Crippen molar-refractivity contribution in [2.24, 2.45) is 0 Å². The minimum atomic E-state index is -0.0232. The number of fused-ring (bicyclic) bond motifs is 1. The topological polar surface area (TPSA) is 52.7 Å². The smallest absolute Gasteiger partial charge is 0.264 e. The van der Waals surface area contributed by atoms with Crippen molar-refractivity contribution >= 4 is 11.0 Å². The molecule has 0 N–H and O–H groups in total. The van der Waals surface area contributed by atoms with E-state index in [9.17, 15) is 4.79 Å². The van der Waals surface area contributed by atoms with Gasteiger partial charge in [0.1, 0.15) is 11.2 Å². The van der Waals surface area contributed by atoms with Crippen LogP contribution < -0.4 is 5.56 Å². The summed E-state index contributed by atoms with van der Waals surface area (Å²) >= 11 is 0. The summed E-state index contributed by atoms with van der Waals surface area (Å²) in [4.78, 5) is 17.8. The van der Waals surface area contributed by atoms with Gasteiger partial charge >= 0.3 is 0 Å². The van der Waals surface area contributed by atoms with E-state index in [1.54, 1.807) is 15.4 Å². The predicted octanol–water partition coefficient (Wildman–Crippen LogP) is 3.39. The van der Waals surface area contributed by atoms with Crippen LogP contribution in [0.15, 0.2) is 71.7 Å². The van der Waals surface area contributed by atoms with Gasteiger partial charge in [0.05, 0.1) is 11.9 Å². The molecule has 130 valence electrons. The first-order valence-electron chi connectivity index (χ1n) is 8.84. The molecule has 2 heterocycles. The Kier molecular flexibility index (Phi) is 4.35. The Morgan fingerprint density at radius 3 is 2.35 bits per heavy atom. The fourth-order valence-corrected chi connectivity index (χ4v) is 3.19. The van der Waals surface area contributed by atoms with E-state index in [0.29, 0.717) is 24.0 Å². The maximum atomic E-state index is 13.0. The normalized spacial score (nSPS) is 11.1. The van der Waals surface area contributed by atoms with Crippen molar-refractivity contribution in [2.45, 2.75) is 26.3 Å². The zero-order valence-corrected chi connectivity index (χ0v) is 14.7. The van der Waals surface area contributed by atoms with E-state index < -0.39 is 0 Å². The van der Waals surface area contributed by atoms with E-state index in [0.717, 1.165) is 17.9 Å². The second-order valence-corrected chi connectivity index (χ2v) is 6.20. The van der Waals surface area contributed by atoms with E-state index in [-0.39, 0.29) is 5.56 Å². The molecule has 0 bridgehead atoms. The first kappa shape index (κ1) is 16.3. The molecule has 2 aromatic heterocycles. The van der Waals surface area contributed by atoms with Crippen molar-refractivity contribution < 1.29 is 0 Å². The Balaban J connectivity index is 1.78. The van der Waals surface area contributed by atoms with Gasteiger partial charge in [-0.25, -0.2) is 9.67 Å². The summed E-state index contributed by atoms with van der Waals surface area (Å²) < 4.78 is 3.52. The van der Waals surface area contributed by atoms with Gasteiger partial charge in [0.15, 0.2) is 5.65 Å². The lowest BCUT2D eigenvalue weighted by Crippen LogP contribution is -2.26. The molecule has 0 aliphatic carbocycles. The quantitative estimate of drug-likeness (QED) is 0.558. The number of para-hydroxylation sites is 1. The minimum Gasteiger partial charge on any atom is -0.296 e. The Morgan fingerprint density at radius 1 is 0.962 bits per heavy atom. The molecular formula is C21H20N4O. The second kappa shape index (κ2) is 6.96. The number of hydrogen-bond donors (Lipinski definition) is 0. The van der Waals surface area contributed by atoms with Gasteiger partial charge in [0, 0.05) is 13.0 Å². The molecule has 2 aromatic carbocycles. The van der Waals surface area contributed by atoms with Gasteiger partial charge in [0.2, 0.25) is 0 Å². The van der Waals surface area contributed by atoms with Crippen LogP contribution in [0.4, 0.5) is 0 Å². The summed E-state index contributed by atoms with van der Waals surface area (Å²) in [5.41, 5.74) is 2.71. The van der Waals surface area contributed by atoms with Gasteiger partial charge in [-0.1, -0.05) is 55.5 Å². The predicted molar refractivity (Wildman–Crippen MR) is 103 cm³/mol. The average molecular weight is 344 g/mol. The van der Waals surface area contributed by atoms with Gasteiger partial charge < -0.3 is 0 Å². The van der Waals surface area contributed by atoms with Crippen LogP contribution in [0.3, 0.4) is 0 Å². The summed E-state index contributed by atoms with van der Waals surface area (Å²) in [6.45, 7) is 2.64. The van der Waals surface area contributed by atoms with E-state index in [4.69, 9.17) is 4.98 Å². The summed E-state index contributed by atoms with van der Waals surface area (Å²) in [6.07, 6.45) is 3.11. The van der Waals surface area contributed by atoms with Gasteiger partial charge in [-0.2, -0.15) is 5.10 Å². The monoisotopic (exact) mass is 344 g/mol. The third-order valence-corrected chi connectivity index (χ3v) is 4.55. The number of benzene rings is 2. The molecule has 0 aliphatic rings. The zero-order valence-electron chi connectivity index (χ0n) is 14.7. The average Bonchev–Trinajstić information content (AvgIpc) is 3.12. The van der Waals surface area contributed by atoms with Crippen LogP contribution in [0.5, 0.6) is 0 Å². The van der Waals surface area contributed by atoms with E-state index in [2.05, 4.69) is 17.2 Å². The summed E-state index contributed by atoms with van der Waals surface area (Å²) in [5.74, 6) is 0.788. The zero-order chi connectivity index (χ0) is 17.9. The Morgan fingerprint density at radius 2 is 1.65 bits per heavy atom. The molecule has 0 spiro atoms. The van der Waals surface area contributed by atoms with E-state index >= 15 is 0 Å². The van der Waals surface area contributed by atoms with Crippen molar-refractivity contribution in [2.75, 3.05) is 0 Å². The number of aromatic nitrogens is 4. The van der Waals surface area contributed by atoms with Gasteiger partial charge in [-0.05, 0) is 24.1 Å². The Labute approximate surface area is 151 Å². The van der Waals surface area contributed by atoms with Crippen LogP contribution in [-0.2, 0) is 19.4 Å². The molecule has 0 radical (unpaired) electrons. The van der Waals surface area contributed by atoms with Crippen molar-refractivity contribution in [1.82, 2.24) is 19.3 Å². The molecular weight excluding hydrogens is 324 g/mol. The third kappa shape index (κ3) is 2.92. The van der Waals surface area contributed by atoms with Crippen LogP contribution in [0.25, 0.3) is 16.7 Å². The van der Waals surface area contributed by atoms with Crippen LogP contribution in [0.2, 0.25) is 0 Å². The largest absolute Gasteiger partial charge is 0.296 e. The number of aryl methyl sites for hydroxylation is 2. The van der Waals surface area contributed by atoms with Crippen LogP contribution in [-0.4, -0.2) is 19.3 Å². The summed E-state index contributed by atoms with van der Waals surface area (Å²) in [5, 5.41) is 4.96. The molecule has 5 heteroatoms. The number of nitrogens with zero attached hydrogens (tertiary/aromatic N) is 4. The second-order valence-electron chi connectivity index (χ2n) is 6.20. The standard InChI is InChI=1S/C21H20N4O/c1-2-19-23-20-18(15-22-25(20)17-11-7-4-8-12-17)21(26)24(19)14-13-16-9-5-3-6-10-16/h3-12,15H,2,13-14H2,1H3. The van der Waals surface area contributed by atoms with Crippen molar-refractivity contribution in [3.8, 4) is 5.69 Å². The molecule has 0 fully saturated rings. The SMILES string of the molecule is CCc1nc2c(cnn2-c2ccccc2)c(=O)n1CCc1ccccc1. The molecule has 0 unspecified atom stereocenters. The number of rotatable bonds is 5. The highest BCUT2D eigenvalue weighted by Gasteiger charge is 2.15. The first-order valence-corrected chi connectivity index (χ1v) is 8.84. The summed E-state index contributed by atoms with van der Waals surface area (Å²) in [6, 6.07) is 20.0. The maximum absolute atomic E-state index is 13.0. The number of hydrogen-bond acceptors (Lipinski definition) is 3. The molecule has 4 rings (SSSR count). The fourth-order valence-electron chi connectivity index (χ4n) is 3.19. The van der Waals surface area contributed by atoms with E-state index in [1.807, 2.05) is 55.5 Å². The Bertz CT molecular complexity index is 1080. The highest BCUT2D eigenvalue weighted by atomic mass is 16.1. The molecule has 0 saturated carbocycles. The Hall–Kier alpha value is -3.21. The molecule has 0 atom stereocenters. The maximum Gasteiger partial charge on any atom is 0.264 e. The van der Waals surface area contributed by atoms with Crippen LogP contribution in [0, 0.1) is 0 Å². The van der Waals surface area contributed by atoms with Gasteiger partial charge in [0.25, 0.3) is 5.56 Å². The molecule has 4 aromatic rings. The molecule has 0 saturated heterocycles. The lowest BCUT2D eigenvalue weighted by molar-refractivity contribution is 0.620. The molecule has 26 heavy (non-hydrogen) atoms. The summed E-state index contributed by atoms with van der Waals surface area (Å²) in [7, 11) is 0. The van der Waals surface area contributed by atoms with Gasteiger partial charge in [-0.3, -0.25) is 9.36 Å². The first-order chi connectivity index (χ1) is 12.8. The molecule has 0 aliphatic heterocycles. The van der Waals surface area contributed by atoms with Crippen LogP contribution in [0.1, 0.15) is 18.3 Å². The third-order valence-electron chi connectivity index (χ3n) is 4.55. The minimum absolute atomic E-state index is 0.0232. The van der Waals surface area contributed by atoms with Crippen molar-refractivity contribution in [3.05, 3.63) is 88.6 Å². The van der Waals surface area contributed by atoms with Crippen molar-refractivity contribution in [1.29, 1.82) is 0 Å². The van der Waals surface area contributed by atoms with Gasteiger partial charge in [-0.15, -0.1) is 0 Å². The molecule has 0 amide bonds. The van der Waals surface area contributed by atoms with E-state index in [1.165, 1.54) is 5.56 Å². The lowest BCUT2D eigenvalue weighted by Gasteiger charge is -2.12.